The van der Waals surface area contributed by atoms with Crippen LogP contribution in [-0.4, -0.2) is 10.3 Å². The Morgan fingerprint density at radius 2 is 1.55 bits per heavy atom. The summed E-state index contributed by atoms with van der Waals surface area (Å²) in [6.45, 7) is 2.74. The second kappa shape index (κ2) is 7.83. The number of unbranched alkanes of at least 4 members (excludes halogenated alkanes) is 1. The lowest BCUT2D eigenvalue weighted by Gasteiger charge is -2.26. The van der Waals surface area contributed by atoms with Crippen LogP contribution < -0.4 is 0 Å². The minimum absolute atomic E-state index is 0.0661. The topological polar surface area (TPSA) is 23.5 Å². The van der Waals surface area contributed by atoms with E-state index < -0.39 is 0 Å². The van der Waals surface area contributed by atoms with Crippen LogP contribution in [0.2, 0.25) is 0 Å². The van der Waals surface area contributed by atoms with E-state index in [4.69, 9.17) is 0 Å². The average Bonchev–Trinajstić information content (AvgIpc) is 2.50. The van der Waals surface area contributed by atoms with Gasteiger partial charge in [0.2, 0.25) is 0 Å². The summed E-state index contributed by atoms with van der Waals surface area (Å²) < 4.78 is 0. The van der Waals surface area contributed by atoms with E-state index in [1.165, 1.54) is 10.6 Å². The average molecular weight is 269 g/mol. The number of rotatable bonds is 7. The van der Waals surface area contributed by atoms with E-state index in [1.54, 1.807) is 0 Å². The zero-order valence-corrected chi connectivity index (χ0v) is 12.1. The summed E-state index contributed by atoms with van der Waals surface area (Å²) in [6.07, 6.45) is 3.23. The lowest BCUT2D eigenvalue weighted by Crippen LogP contribution is -2.25. The van der Waals surface area contributed by atoms with Crippen molar-refractivity contribution in [3.05, 3.63) is 71.8 Å². The van der Waals surface area contributed by atoms with Crippen molar-refractivity contribution in [3.8, 4) is 0 Å². The van der Waals surface area contributed by atoms with E-state index in [-0.39, 0.29) is 6.04 Å². The Morgan fingerprint density at radius 1 is 0.950 bits per heavy atom. The van der Waals surface area contributed by atoms with Gasteiger partial charge < -0.3 is 5.21 Å². The van der Waals surface area contributed by atoms with E-state index in [9.17, 15) is 5.21 Å². The highest BCUT2D eigenvalue weighted by molar-refractivity contribution is 5.20. The molecule has 106 valence electrons. The zero-order valence-electron chi connectivity index (χ0n) is 12.1. The van der Waals surface area contributed by atoms with Gasteiger partial charge in [-0.2, -0.15) is 5.06 Å². The molecular formula is C18H23NO. The maximum Gasteiger partial charge on any atom is 0.0603 e. The van der Waals surface area contributed by atoms with Crippen LogP contribution in [0.25, 0.3) is 0 Å². The van der Waals surface area contributed by atoms with Gasteiger partial charge in [0, 0.05) is 6.54 Å². The maximum atomic E-state index is 10.5. The minimum Gasteiger partial charge on any atom is -0.313 e. The van der Waals surface area contributed by atoms with Crippen LogP contribution >= 0.6 is 0 Å². The van der Waals surface area contributed by atoms with Crippen molar-refractivity contribution >= 4 is 0 Å². The van der Waals surface area contributed by atoms with Crippen LogP contribution in [0.5, 0.6) is 0 Å². The van der Waals surface area contributed by atoms with E-state index in [0.717, 1.165) is 24.8 Å². The van der Waals surface area contributed by atoms with Gasteiger partial charge in [-0.25, -0.2) is 0 Å². The Labute approximate surface area is 121 Å². The molecule has 0 spiro atoms. The summed E-state index contributed by atoms with van der Waals surface area (Å²) in [5, 5.41) is 11.9. The van der Waals surface area contributed by atoms with Gasteiger partial charge in [0.05, 0.1) is 6.04 Å². The predicted octanol–water partition coefficient (Wildman–Crippen LogP) is 4.81. The summed E-state index contributed by atoms with van der Waals surface area (Å²) >= 11 is 0. The van der Waals surface area contributed by atoms with Crippen molar-refractivity contribution in [1.82, 2.24) is 5.06 Å². The van der Waals surface area contributed by atoms with E-state index in [2.05, 4.69) is 19.1 Å². The van der Waals surface area contributed by atoms with Crippen LogP contribution in [0.1, 0.15) is 43.4 Å². The molecule has 0 aromatic heterocycles. The molecule has 0 radical (unpaired) electrons. The first kappa shape index (κ1) is 14.8. The summed E-state index contributed by atoms with van der Waals surface area (Å²) in [7, 11) is 0. The number of hydroxylamine groups is 2. The summed E-state index contributed by atoms with van der Waals surface area (Å²) in [5.41, 5.74) is 2.31. The molecule has 0 heterocycles. The van der Waals surface area contributed by atoms with Gasteiger partial charge in [-0.15, -0.1) is 0 Å². The first-order valence-electron chi connectivity index (χ1n) is 7.35. The molecule has 0 fully saturated rings. The number of benzene rings is 2. The van der Waals surface area contributed by atoms with Gasteiger partial charge in [-0.05, 0) is 17.5 Å². The Balaban J connectivity index is 2.10. The van der Waals surface area contributed by atoms with Crippen molar-refractivity contribution < 1.29 is 5.21 Å². The van der Waals surface area contributed by atoms with Crippen molar-refractivity contribution in [2.45, 2.75) is 38.8 Å². The van der Waals surface area contributed by atoms with Crippen molar-refractivity contribution in [1.29, 1.82) is 0 Å². The summed E-state index contributed by atoms with van der Waals surface area (Å²) in [5.74, 6) is 0. The van der Waals surface area contributed by atoms with Crippen molar-refractivity contribution in [3.63, 3.8) is 0 Å². The van der Waals surface area contributed by atoms with Gasteiger partial charge >= 0.3 is 0 Å². The van der Waals surface area contributed by atoms with E-state index >= 15 is 0 Å². The lowest BCUT2D eigenvalue weighted by atomic mass is 10.0. The van der Waals surface area contributed by atoms with E-state index in [1.807, 2.05) is 48.5 Å². The fourth-order valence-electron chi connectivity index (χ4n) is 2.44. The Morgan fingerprint density at radius 3 is 2.15 bits per heavy atom. The SMILES string of the molecule is CCCCC(c1ccccc1)N(O)Cc1ccccc1. The highest BCUT2D eigenvalue weighted by Crippen LogP contribution is 2.26. The number of hydrogen-bond acceptors (Lipinski definition) is 2. The molecule has 2 aromatic carbocycles. The zero-order chi connectivity index (χ0) is 14.2. The van der Waals surface area contributed by atoms with Gasteiger partial charge in [-0.1, -0.05) is 80.4 Å². The smallest absolute Gasteiger partial charge is 0.0603 e. The largest absolute Gasteiger partial charge is 0.313 e. The quantitative estimate of drug-likeness (QED) is 0.729. The molecule has 0 amide bonds. The second-order valence-corrected chi connectivity index (χ2v) is 5.15. The normalized spacial score (nSPS) is 12.6. The second-order valence-electron chi connectivity index (χ2n) is 5.15. The molecule has 0 bridgehead atoms. The van der Waals surface area contributed by atoms with Gasteiger partial charge in [0.25, 0.3) is 0 Å². The minimum atomic E-state index is 0.0661. The molecule has 0 aliphatic carbocycles. The van der Waals surface area contributed by atoms with E-state index in [0.29, 0.717) is 6.54 Å². The summed E-state index contributed by atoms with van der Waals surface area (Å²) in [6, 6.07) is 20.4. The fraction of sp³-hybridized carbons (Fsp3) is 0.333. The first-order chi connectivity index (χ1) is 9.81. The van der Waals surface area contributed by atoms with Crippen LogP contribution in [0.3, 0.4) is 0 Å². The predicted molar refractivity (Wildman–Crippen MR) is 82.5 cm³/mol. The Kier molecular flexibility index (Phi) is 5.78. The van der Waals surface area contributed by atoms with Gasteiger partial charge in [0.1, 0.15) is 0 Å². The summed E-state index contributed by atoms with van der Waals surface area (Å²) in [4.78, 5) is 0. The van der Waals surface area contributed by atoms with Crippen LogP contribution in [0, 0.1) is 0 Å². The highest BCUT2D eigenvalue weighted by atomic mass is 16.5. The first-order valence-corrected chi connectivity index (χ1v) is 7.35. The Hall–Kier alpha value is -1.64. The van der Waals surface area contributed by atoms with Crippen LogP contribution in [0.15, 0.2) is 60.7 Å². The third kappa shape index (κ3) is 4.19. The van der Waals surface area contributed by atoms with Crippen LogP contribution in [0.4, 0.5) is 0 Å². The molecular weight excluding hydrogens is 246 g/mol. The molecule has 1 unspecified atom stereocenters. The third-order valence-corrected chi connectivity index (χ3v) is 3.56. The molecule has 1 atom stereocenters. The molecule has 2 aromatic rings. The molecule has 0 saturated heterocycles. The van der Waals surface area contributed by atoms with Gasteiger partial charge in [0.15, 0.2) is 0 Å². The van der Waals surface area contributed by atoms with Crippen LogP contribution in [-0.2, 0) is 6.54 Å². The molecule has 0 saturated carbocycles. The third-order valence-electron chi connectivity index (χ3n) is 3.56. The molecule has 2 nitrogen and oxygen atoms in total. The van der Waals surface area contributed by atoms with Gasteiger partial charge in [-0.3, -0.25) is 0 Å². The molecule has 2 heteroatoms. The number of nitrogens with zero attached hydrogens (tertiary/aromatic N) is 1. The fourth-order valence-corrected chi connectivity index (χ4v) is 2.44. The molecule has 2 rings (SSSR count). The molecule has 0 aliphatic heterocycles. The van der Waals surface area contributed by atoms with Crippen molar-refractivity contribution in [2.75, 3.05) is 0 Å². The molecule has 1 N–H and O–H groups in total. The van der Waals surface area contributed by atoms with Crippen molar-refractivity contribution in [2.24, 2.45) is 0 Å². The maximum absolute atomic E-state index is 10.5. The molecule has 20 heavy (non-hydrogen) atoms. The number of hydrogen-bond donors (Lipinski definition) is 1. The Bertz CT molecular complexity index is 483. The molecule has 0 aliphatic rings. The highest BCUT2D eigenvalue weighted by Gasteiger charge is 2.18. The monoisotopic (exact) mass is 269 g/mol. The standard InChI is InChI=1S/C18H23NO/c1-2-3-14-18(17-12-8-5-9-13-17)19(20)15-16-10-6-4-7-11-16/h4-13,18,20H,2-3,14-15H2,1H3. The lowest BCUT2D eigenvalue weighted by molar-refractivity contribution is -0.139.